The highest BCUT2D eigenvalue weighted by atomic mass is 35.5. The van der Waals surface area contributed by atoms with Crippen molar-refractivity contribution >= 4 is 17.3 Å². The molecule has 26 heavy (non-hydrogen) atoms. The number of halogens is 1. The van der Waals surface area contributed by atoms with Crippen LogP contribution in [0.1, 0.15) is 56.2 Å². The maximum absolute atomic E-state index is 6.62. The van der Waals surface area contributed by atoms with E-state index in [1.165, 1.54) is 18.4 Å². The molecule has 0 bridgehead atoms. The van der Waals surface area contributed by atoms with Crippen LogP contribution in [-0.2, 0) is 0 Å². The summed E-state index contributed by atoms with van der Waals surface area (Å²) in [5, 5.41) is 8.11. The molecule has 1 atom stereocenters. The molecule has 1 spiro atoms. The van der Waals surface area contributed by atoms with Crippen LogP contribution in [0.25, 0.3) is 0 Å². The number of hydrogen-bond acceptors (Lipinski definition) is 3. The van der Waals surface area contributed by atoms with Crippen LogP contribution in [-0.4, -0.2) is 16.4 Å². The molecular weight excluding hydrogens is 344 g/mol. The van der Waals surface area contributed by atoms with Crippen LogP contribution >= 0.6 is 11.6 Å². The zero-order chi connectivity index (χ0) is 17.7. The molecule has 0 unspecified atom stereocenters. The minimum absolute atomic E-state index is 0.209. The van der Waals surface area contributed by atoms with Crippen molar-refractivity contribution in [2.24, 2.45) is 11.0 Å². The molecule has 4 heteroatoms. The molecule has 2 heterocycles. The van der Waals surface area contributed by atoms with E-state index in [1.54, 1.807) is 0 Å². The molecule has 2 aromatic carbocycles. The van der Waals surface area contributed by atoms with Crippen LogP contribution < -0.4 is 4.74 Å². The lowest BCUT2D eigenvalue weighted by atomic mass is 9.82. The van der Waals surface area contributed by atoms with E-state index in [0.29, 0.717) is 0 Å². The van der Waals surface area contributed by atoms with E-state index < -0.39 is 0 Å². The average Bonchev–Trinajstić information content (AvgIpc) is 3.12. The van der Waals surface area contributed by atoms with E-state index in [1.807, 2.05) is 12.1 Å². The Balaban J connectivity index is 1.60. The predicted molar refractivity (Wildman–Crippen MR) is 105 cm³/mol. The van der Waals surface area contributed by atoms with E-state index in [4.69, 9.17) is 21.4 Å². The van der Waals surface area contributed by atoms with E-state index in [2.05, 4.69) is 48.3 Å². The monoisotopic (exact) mass is 366 g/mol. The van der Waals surface area contributed by atoms with Gasteiger partial charge in [0.15, 0.2) is 5.72 Å². The molecule has 1 aliphatic carbocycles. The van der Waals surface area contributed by atoms with Crippen LogP contribution in [0.4, 0.5) is 0 Å². The summed E-state index contributed by atoms with van der Waals surface area (Å²) in [6, 6.07) is 16.7. The molecule has 1 fully saturated rings. The van der Waals surface area contributed by atoms with Crippen molar-refractivity contribution in [2.75, 3.05) is 0 Å². The first-order chi connectivity index (χ1) is 12.6. The van der Waals surface area contributed by atoms with Gasteiger partial charge in [-0.1, -0.05) is 48.9 Å². The largest absolute Gasteiger partial charge is 0.466 e. The molecule has 0 amide bonds. The second kappa shape index (κ2) is 6.02. The van der Waals surface area contributed by atoms with Gasteiger partial charge in [-0.2, -0.15) is 5.10 Å². The van der Waals surface area contributed by atoms with Crippen molar-refractivity contribution in [1.29, 1.82) is 0 Å². The molecule has 0 aromatic heterocycles. The van der Waals surface area contributed by atoms with Gasteiger partial charge in [-0.05, 0) is 42.5 Å². The van der Waals surface area contributed by atoms with Gasteiger partial charge in [0.25, 0.3) is 0 Å². The van der Waals surface area contributed by atoms with Gasteiger partial charge in [0.1, 0.15) is 5.75 Å². The molecule has 2 aliphatic heterocycles. The summed E-state index contributed by atoms with van der Waals surface area (Å²) in [5.74, 6) is 1.74. The van der Waals surface area contributed by atoms with Crippen molar-refractivity contribution in [1.82, 2.24) is 5.01 Å². The van der Waals surface area contributed by atoms with Crippen LogP contribution in [0.5, 0.6) is 5.75 Å². The number of nitrogens with zero attached hydrogens (tertiary/aromatic N) is 2. The highest BCUT2D eigenvalue weighted by Gasteiger charge is 2.51. The van der Waals surface area contributed by atoms with Gasteiger partial charge >= 0.3 is 0 Å². The number of rotatable bonds is 1. The van der Waals surface area contributed by atoms with E-state index in [0.717, 1.165) is 47.2 Å². The summed E-state index contributed by atoms with van der Waals surface area (Å²) in [6.45, 7) is 2.34. The van der Waals surface area contributed by atoms with Crippen molar-refractivity contribution in [3.63, 3.8) is 0 Å². The SMILES string of the molecule is CC1CCC2(CC1)Oc1ccc(Cl)cc1[C@@H]1CC(c3ccccc3)=NN12. The average molecular weight is 367 g/mol. The van der Waals surface area contributed by atoms with Crippen LogP contribution in [0.15, 0.2) is 53.6 Å². The molecule has 0 radical (unpaired) electrons. The van der Waals surface area contributed by atoms with E-state index in [-0.39, 0.29) is 11.8 Å². The Morgan fingerprint density at radius 1 is 1.12 bits per heavy atom. The normalized spacial score (nSPS) is 29.8. The number of fused-ring (bicyclic) bond motifs is 4. The number of hydrazone groups is 1. The van der Waals surface area contributed by atoms with Gasteiger partial charge < -0.3 is 4.74 Å². The van der Waals surface area contributed by atoms with Gasteiger partial charge in [0.05, 0.1) is 11.8 Å². The fraction of sp³-hybridized carbons (Fsp3) is 0.409. The second-order valence-corrected chi connectivity index (χ2v) is 8.33. The maximum atomic E-state index is 6.62. The quantitative estimate of drug-likeness (QED) is 0.638. The van der Waals surface area contributed by atoms with Gasteiger partial charge in [-0.25, -0.2) is 5.01 Å². The van der Waals surface area contributed by atoms with Crippen molar-refractivity contribution in [3.8, 4) is 5.75 Å². The number of hydrogen-bond donors (Lipinski definition) is 0. The first-order valence-corrected chi connectivity index (χ1v) is 9.93. The summed E-state index contributed by atoms with van der Waals surface area (Å²) in [5.41, 5.74) is 3.19. The summed E-state index contributed by atoms with van der Waals surface area (Å²) >= 11 is 6.31. The molecule has 1 saturated carbocycles. The van der Waals surface area contributed by atoms with E-state index >= 15 is 0 Å². The standard InChI is InChI=1S/C22H23ClN2O/c1-15-9-11-22(12-10-15)25-20(18-13-17(23)7-8-21(18)26-22)14-19(24-25)16-5-3-2-4-6-16/h2-8,13,15,20H,9-12,14H2,1H3/t15?,20-,22?/m0/s1. The fourth-order valence-electron chi connectivity index (χ4n) is 4.60. The van der Waals surface area contributed by atoms with E-state index in [9.17, 15) is 0 Å². The second-order valence-electron chi connectivity index (χ2n) is 7.89. The molecule has 3 nitrogen and oxygen atoms in total. The van der Waals surface area contributed by atoms with Gasteiger partial charge in [-0.3, -0.25) is 0 Å². The predicted octanol–water partition coefficient (Wildman–Crippen LogP) is 5.79. The molecule has 0 saturated heterocycles. The summed E-state index contributed by atoms with van der Waals surface area (Å²) in [6.07, 6.45) is 5.32. The van der Waals surface area contributed by atoms with Crippen LogP contribution in [0, 0.1) is 5.92 Å². The summed E-state index contributed by atoms with van der Waals surface area (Å²) in [7, 11) is 0. The summed E-state index contributed by atoms with van der Waals surface area (Å²) in [4.78, 5) is 0. The minimum Gasteiger partial charge on any atom is -0.466 e. The third kappa shape index (κ3) is 2.52. The highest BCUT2D eigenvalue weighted by Crippen LogP contribution is 2.52. The van der Waals surface area contributed by atoms with Gasteiger partial charge in [-0.15, -0.1) is 0 Å². The molecule has 134 valence electrons. The first kappa shape index (κ1) is 16.2. The Labute approximate surface area is 159 Å². The first-order valence-electron chi connectivity index (χ1n) is 9.55. The van der Waals surface area contributed by atoms with Gasteiger partial charge in [0, 0.05) is 29.8 Å². The highest BCUT2D eigenvalue weighted by molar-refractivity contribution is 6.30. The zero-order valence-corrected chi connectivity index (χ0v) is 15.7. The zero-order valence-electron chi connectivity index (χ0n) is 15.0. The fourth-order valence-corrected chi connectivity index (χ4v) is 4.78. The Hall–Kier alpha value is -2.00. The van der Waals surface area contributed by atoms with Crippen molar-refractivity contribution in [2.45, 2.75) is 50.8 Å². The molecular formula is C22H23ClN2O. The third-order valence-electron chi connectivity index (χ3n) is 6.12. The molecule has 2 aromatic rings. The Morgan fingerprint density at radius 3 is 2.65 bits per heavy atom. The molecule has 0 N–H and O–H groups in total. The maximum Gasteiger partial charge on any atom is 0.198 e. The Bertz CT molecular complexity index is 856. The Morgan fingerprint density at radius 2 is 1.88 bits per heavy atom. The smallest absolute Gasteiger partial charge is 0.198 e. The molecule has 5 rings (SSSR count). The summed E-state index contributed by atoms with van der Waals surface area (Å²) < 4.78 is 6.62. The van der Waals surface area contributed by atoms with Crippen molar-refractivity contribution in [3.05, 3.63) is 64.7 Å². The van der Waals surface area contributed by atoms with Gasteiger partial charge in [0.2, 0.25) is 0 Å². The Kier molecular flexibility index (Phi) is 3.75. The minimum atomic E-state index is -0.311. The molecule has 3 aliphatic rings. The number of benzene rings is 2. The number of ether oxygens (including phenoxy) is 1. The third-order valence-corrected chi connectivity index (χ3v) is 6.36. The lowest BCUT2D eigenvalue weighted by Crippen LogP contribution is -2.55. The van der Waals surface area contributed by atoms with Crippen molar-refractivity contribution < 1.29 is 4.74 Å². The van der Waals surface area contributed by atoms with Crippen LogP contribution in [0.2, 0.25) is 5.02 Å². The lowest BCUT2D eigenvalue weighted by Gasteiger charge is -2.50. The van der Waals surface area contributed by atoms with Crippen LogP contribution in [0.3, 0.4) is 0 Å². The topological polar surface area (TPSA) is 24.8 Å². The lowest BCUT2D eigenvalue weighted by molar-refractivity contribution is -0.145.